The molecular formula is C7H15NO3. The fraction of sp³-hybridized carbons (Fsp3) is 0.857. The lowest BCUT2D eigenvalue weighted by atomic mass is 10.2. The van der Waals surface area contributed by atoms with Crippen molar-refractivity contribution in [2.75, 3.05) is 6.54 Å². The summed E-state index contributed by atoms with van der Waals surface area (Å²) in [7, 11) is 0. The van der Waals surface area contributed by atoms with E-state index in [2.05, 4.69) is 5.32 Å². The monoisotopic (exact) mass is 161 g/mol. The van der Waals surface area contributed by atoms with Crippen LogP contribution in [-0.2, 0) is 4.79 Å². The number of carboxylic acids is 1. The number of nitrogens with one attached hydrogen (secondary N) is 1. The van der Waals surface area contributed by atoms with Crippen LogP contribution in [0.25, 0.3) is 0 Å². The first-order chi connectivity index (χ1) is 5.02. The Morgan fingerprint density at radius 1 is 1.55 bits per heavy atom. The van der Waals surface area contributed by atoms with Crippen molar-refractivity contribution in [3.63, 3.8) is 0 Å². The first-order valence-corrected chi connectivity index (χ1v) is 3.65. The van der Waals surface area contributed by atoms with Crippen LogP contribution >= 0.6 is 0 Å². The Labute approximate surface area is 66.2 Å². The van der Waals surface area contributed by atoms with E-state index in [-0.39, 0.29) is 12.5 Å². The van der Waals surface area contributed by atoms with Crippen molar-refractivity contribution in [3.05, 3.63) is 0 Å². The zero-order chi connectivity index (χ0) is 8.85. The first kappa shape index (κ1) is 10.4. The van der Waals surface area contributed by atoms with Gasteiger partial charge in [-0.3, -0.25) is 4.79 Å². The summed E-state index contributed by atoms with van der Waals surface area (Å²) in [5.74, 6) is -0.969. The summed E-state index contributed by atoms with van der Waals surface area (Å²) in [6.45, 7) is 4.21. The molecule has 1 atom stereocenters. The Bertz CT molecular complexity index is 125. The Kier molecular flexibility index (Phi) is 4.81. The van der Waals surface area contributed by atoms with E-state index in [1.165, 1.54) is 0 Å². The summed E-state index contributed by atoms with van der Waals surface area (Å²) in [5, 5.41) is 20.2. The van der Waals surface area contributed by atoms with E-state index >= 15 is 0 Å². The molecule has 66 valence electrons. The van der Waals surface area contributed by atoms with Crippen LogP contribution in [0.1, 0.15) is 20.3 Å². The fourth-order valence-corrected chi connectivity index (χ4v) is 0.645. The van der Waals surface area contributed by atoms with Gasteiger partial charge in [0.15, 0.2) is 0 Å². The zero-order valence-electron chi connectivity index (χ0n) is 6.87. The number of carboxylic acid groups (broad SMARTS) is 1. The lowest BCUT2D eigenvalue weighted by molar-refractivity contribution is -0.139. The van der Waals surface area contributed by atoms with E-state index in [9.17, 15) is 4.79 Å². The first-order valence-electron chi connectivity index (χ1n) is 3.65. The van der Waals surface area contributed by atoms with E-state index in [0.29, 0.717) is 6.54 Å². The minimum Gasteiger partial charge on any atom is -0.481 e. The largest absolute Gasteiger partial charge is 0.481 e. The van der Waals surface area contributed by atoms with Gasteiger partial charge in [-0.25, -0.2) is 0 Å². The Morgan fingerprint density at radius 3 is 2.45 bits per heavy atom. The predicted molar refractivity (Wildman–Crippen MR) is 41.4 cm³/mol. The third-order valence-corrected chi connectivity index (χ3v) is 1.17. The van der Waals surface area contributed by atoms with Gasteiger partial charge in [0, 0.05) is 12.6 Å². The molecule has 4 nitrogen and oxygen atoms in total. The van der Waals surface area contributed by atoms with Crippen LogP contribution in [-0.4, -0.2) is 34.9 Å². The maximum absolute atomic E-state index is 10.1. The van der Waals surface area contributed by atoms with Crippen LogP contribution in [0.5, 0.6) is 0 Å². The quantitative estimate of drug-likeness (QED) is 0.523. The second-order valence-corrected chi connectivity index (χ2v) is 2.81. The van der Waals surface area contributed by atoms with Gasteiger partial charge < -0.3 is 15.5 Å². The number of hydrogen-bond donors (Lipinski definition) is 3. The van der Waals surface area contributed by atoms with Gasteiger partial charge in [0.25, 0.3) is 0 Å². The molecule has 0 aliphatic carbocycles. The molecule has 0 radical (unpaired) electrons. The molecule has 0 saturated heterocycles. The topological polar surface area (TPSA) is 69.6 Å². The van der Waals surface area contributed by atoms with Crippen molar-refractivity contribution in [2.24, 2.45) is 0 Å². The molecule has 0 spiro atoms. The molecule has 0 aliphatic rings. The van der Waals surface area contributed by atoms with Gasteiger partial charge in [0.2, 0.25) is 0 Å². The summed E-state index contributed by atoms with van der Waals surface area (Å²) in [5.41, 5.74) is 0. The number of aliphatic hydroxyl groups is 1. The highest BCUT2D eigenvalue weighted by Gasteiger charge is 2.08. The van der Waals surface area contributed by atoms with E-state index in [1.807, 2.05) is 13.8 Å². The number of aliphatic hydroxyl groups excluding tert-OH is 1. The van der Waals surface area contributed by atoms with Gasteiger partial charge in [-0.1, -0.05) is 13.8 Å². The summed E-state index contributed by atoms with van der Waals surface area (Å²) >= 11 is 0. The van der Waals surface area contributed by atoms with Gasteiger partial charge >= 0.3 is 5.97 Å². The average Bonchev–Trinajstić information content (AvgIpc) is 1.82. The Morgan fingerprint density at radius 2 is 2.09 bits per heavy atom. The summed E-state index contributed by atoms with van der Waals surface area (Å²) < 4.78 is 0. The molecule has 0 bridgehead atoms. The molecule has 4 heteroatoms. The minimum atomic E-state index is -0.969. The number of aliphatic carboxylic acids is 1. The SMILES string of the molecule is CC(C)NC[C@@H](O)CC(=O)O. The van der Waals surface area contributed by atoms with Crippen LogP contribution in [0, 0.1) is 0 Å². The van der Waals surface area contributed by atoms with E-state index in [4.69, 9.17) is 10.2 Å². The van der Waals surface area contributed by atoms with Gasteiger partial charge in [0.05, 0.1) is 12.5 Å². The second kappa shape index (κ2) is 5.09. The third kappa shape index (κ3) is 7.29. The molecule has 0 heterocycles. The van der Waals surface area contributed by atoms with Crippen molar-refractivity contribution >= 4 is 5.97 Å². The molecule has 0 saturated carbocycles. The fourth-order valence-electron chi connectivity index (χ4n) is 0.645. The molecule has 0 aromatic carbocycles. The van der Waals surface area contributed by atoms with Crippen LogP contribution in [0.4, 0.5) is 0 Å². The zero-order valence-corrected chi connectivity index (χ0v) is 6.87. The highest BCUT2D eigenvalue weighted by Crippen LogP contribution is 1.89. The Hall–Kier alpha value is -0.610. The van der Waals surface area contributed by atoms with Gasteiger partial charge in [-0.15, -0.1) is 0 Å². The molecule has 0 fully saturated rings. The summed E-state index contributed by atoms with van der Waals surface area (Å²) in [4.78, 5) is 10.1. The predicted octanol–water partition coefficient (Wildman–Crippen LogP) is -0.180. The maximum atomic E-state index is 10.1. The number of hydrogen-bond acceptors (Lipinski definition) is 3. The van der Waals surface area contributed by atoms with Crippen LogP contribution in [0.15, 0.2) is 0 Å². The molecule has 0 aliphatic heterocycles. The normalized spacial score (nSPS) is 13.5. The van der Waals surface area contributed by atoms with Crippen LogP contribution < -0.4 is 5.32 Å². The third-order valence-electron chi connectivity index (χ3n) is 1.17. The van der Waals surface area contributed by atoms with Crippen LogP contribution in [0.3, 0.4) is 0 Å². The van der Waals surface area contributed by atoms with Gasteiger partial charge in [-0.05, 0) is 0 Å². The lowest BCUT2D eigenvalue weighted by Crippen LogP contribution is -2.33. The van der Waals surface area contributed by atoms with Crippen molar-refractivity contribution in [1.82, 2.24) is 5.32 Å². The lowest BCUT2D eigenvalue weighted by Gasteiger charge is -2.11. The maximum Gasteiger partial charge on any atom is 0.306 e. The highest BCUT2D eigenvalue weighted by atomic mass is 16.4. The molecule has 0 amide bonds. The van der Waals surface area contributed by atoms with Crippen molar-refractivity contribution in [1.29, 1.82) is 0 Å². The van der Waals surface area contributed by atoms with E-state index in [0.717, 1.165) is 0 Å². The smallest absolute Gasteiger partial charge is 0.306 e. The van der Waals surface area contributed by atoms with Crippen molar-refractivity contribution in [3.8, 4) is 0 Å². The minimum absolute atomic E-state index is 0.195. The second-order valence-electron chi connectivity index (χ2n) is 2.81. The van der Waals surface area contributed by atoms with Gasteiger partial charge in [-0.2, -0.15) is 0 Å². The molecular weight excluding hydrogens is 146 g/mol. The average molecular weight is 161 g/mol. The van der Waals surface area contributed by atoms with Crippen molar-refractivity contribution in [2.45, 2.75) is 32.4 Å². The summed E-state index contributed by atoms with van der Waals surface area (Å²) in [6, 6.07) is 0.276. The summed E-state index contributed by atoms with van der Waals surface area (Å²) in [6.07, 6.45) is -0.977. The van der Waals surface area contributed by atoms with E-state index < -0.39 is 12.1 Å². The molecule has 3 N–H and O–H groups in total. The standard InChI is InChI=1S/C7H15NO3/c1-5(2)8-4-6(9)3-7(10)11/h5-6,8-9H,3-4H2,1-2H3,(H,10,11)/t6-/m0/s1. The molecule has 11 heavy (non-hydrogen) atoms. The molecule has 0 rings (SSSR count). The highest BCUT2D eigenvalue weighted by molar-refractivity contribution is 5.67. The molecule has 0 aromatic heterocycles. The number of rotatable bonds is 5. The molecule has 0 aromatic rings. The van der Waals surface area contributed by atoms with Crippen LogP contribution in [0.2, 0.25) is 0 Å². The number of carbonyl (C=O) groups is 1. The van der Waals surface area contributed by atoms with E-state index in [1.54, 1.807) is 0 Å². The Balaban J connectivity index is 3.37. The van der Waals surface area contributed by atoms with Gasteiger partial charge in [0.1, 0.15) is 0 Å². The molecule has 0 unspecified atom stereocenters. The van der Waals surface area contributed by atoms with Crippen molar-refractivity contribution < 1.29 is 15.0 Å².